The molecule has 6 heteroatoms. The number of amides is 1. The van der Waals surface area contributed by atoms with Crippen LogP contribution in [0.5, 0.6) is 0 Å². The van der Waals surface area contributed by atoms with Crippen molar-refractivity contribution in [3.63, 3.8) is 0 Å². The van der Waals surface area contributed by atoms with Gasteiger partial charge in [-0.1, -0.05) is 0 Å². The highest BCUT2D eigenvalue weighted by atomic mass is 19.4. The van der Waals surface area contributed by atoms with Gasteiger partial charge in [0, 0.05) is 26.2 Å². The van der Waals surface area contributed by atoms with E-state index in [1.807, 2.05) is 4.90 Å². The number of hydrogen-bond donors (Lipinski definition) is 0. The van der Waals surface area contributed by atoms with E-state index in [1.165, 1.54) is 24.2 Å². The van der Waals surface area contributed by atoms with Gasteiger partial charge in [0.15, 0.2) is 0 Å². The molecule has 4 saturated carbocycles. The molecule has 0 unspecified atom stereocenters. The Balaban J connectivity index is 1.39. The van der Waals surface area contributed by atoms with Crippen LogP contribution in [0.4, 0.5) is 13.2 Å². The van der Waals surface area contributed by atoms with Crippen molar-refractivity contribution in [3.8, 4) is 0 Å². The van der Waals surface area contributed by atoms with Gasteiger partial charge in [0.2, 0.25) is 5.91 Å². The molecule has 130 valence electrons. The Morgan fingerprint density at radius 2 is 1.39 bits per heavy atom. The number of carbonyl (C=O) groups excluding carboxylic acids is 1. The van der Waals surface area contributed by atoms with E-state index in [-0.39, 0.29) is 11.3 Å². The number of hydrogen-bond acceptors (Lipinski definition) is 2. The third-order valence-corrected chi connectivity index (χ3v) is 6.55. The van der Waals surface area contributed by atoms with E-state index in [1.54, 1.807) is 0 Å². The van der Waals surface area contributed by atoms with Gasteiger partial charge in [-0.2, -0.15) is 13.2 Å². The standard InChI is InChI=1S/C17H25F3N2O/c18-17(19,20)11-21-1-3-22(4-2-21)15(23)16-8-12-5-13(9-16)7-14(6-12)10-16/h12-14H,1-11H2. The summed E-state index contributed by atoms with van der Waals surface area (Å²) in [5.74, 6) is 2.41. The van der Waals surface area contributed by atoms with E-state index >= 15 is 0 Å². The molecule has 1 amide bonds. The van der Waals surface area contributed by atoms with Crippen molar-refractivity contribution < 1.29 is 18.0 Å². The van der Waals surface area contributed by atoms with Crippen molar-refractivity contribution >= 4 is 5.91 Å². The van der Waals surface area contributed by atoms with Gasteiger partial charge in [0.25, 0.3) is 0 Å². The summed E-state index contributed by atoms with van der Waals surface area (Å²) in [4.78, 5) is 16.4. The van der Waals surface area contributed by atoms with E-state index in [0.29, 0.717) is 26.2 Å². The minimum absolute atomic E-state index is 0.166. The molecule has 5 aliphatic rings. The molecule has 1 heterocycles. The average molecular weight is 330 g/mol. The molecule has 0 radical (unpaired) electrons. The van der Waals surface area contributed by atoms with Gasteiger partial charge in [-0.25, -0.2) is 0 Å². The van der Waals surface area contributed by atoms with Crippen LogP contribution in [0.2, 0.25) is 0 Å². The first kappa shape index (κ1) is 15.7. The quantitative estimate of drug-likeness (QED) is 0.777. The van der Waals surface area contributed by atoms with Crippen molar-refractivity contribution in [2.45, 2.75) is 44.7 Å². The number of carbonyl (C=O) groups is 1. The number of rotatable bonds is 2. The van der Waals surface area contributed by atoms with Crippen molar-refractivity contribution in [1.29, 1.82) is 0 Å². The van der Waals surface area contributed by atoms with Gasteiger partial charge in [-0.3, -0.25) is 9.69 Å². The van der Waals surface area contributed by atoms with Crippen molar-refractivity contribution in [2.75, 3.05) is 32.7 Å². The number of halogens is 3. The molecule has 5 fully saturated rings. The van der Waals surface area contributed by atoms with Gasteiger partial charge in [0.05, 0.1) is 12.0 Å². The molecule has 23 heavy (non-hydrogen) atoms. The molecule has 0 spiro atoms. The van der Waals surface area contributed by atoms with E-state index in [4.69, 9.17) is 0 Å². The Kier molecular flexibility index (Phi) is 3.67. The topological polar surface area (TPSA) is 23.6 Å². The minimum Gasteiger partial charge on any atom is -0.340 e. The summed E-state index contributed by atoms with van der Waals surface area (Å²) >= 11 is 0. The Labute approximate surface area is 135 Å². The largest absolute Gasteiger partial charge is 0.401 e. The van der Waals surface area contributed by atoms with Crippen LogP contribution in [0, 0.1) is 23.2 Å². The molecule has 0 N–H and O–H groups in total. The second kappa shape index (κ2) is 5.36. The third kappa shape index (κ3) is 2.99. The Morgan fingerprint density at radius 1 is 0.913 bits per heavy atom. The Morgan fingerprint density at radius 3 is 1.83 bits per heavy atom. The van der Waals surface area contributed by atoms with Crippen LogP contribution in [-0.4, -0.2) is 54.6 Å². The fourth-order valence-electron chi connectivity index (χ4n) is 6.07. The van der Waals surface area contributed by atoms with Gasteiger partial charge >= 0.3 is 6.18 Å². The molecule has 4 aliphatic carbocycles. The maximum atomic E-state index is 13.1. The van der Waals surface area contributed by atoms with E-state index in [0.717, 1.165) is 37.0 Å². The van der Waals surface area contributed by atoms with Gasteiger partial charge in [0.1, 0.15) is 0 Å². The van der Waals surface area contributed by atoms with Crippen LogP contribution < -0.4 is 0 Å². The molecule has 0 aromatic carbocycles. The SMILES string of the molecule is O=C(N1CCN(CC(F)(F)F)CC1)C12CC3CC(CC(C3)C1)C2. The number of nitrogens with zero attached hydrogens (tertiary/aromatic N) is 2. The minimum atomic E-state index is -4.15. The fraction of sp³-hybridized carbons (Fsp3) is 0.941. The zero-order valence-corrected chi connectivity index (χ0v) is 13.4. The maximum absolute atomic E-state index is 13.1. The highest BCUT2D eigenvalue weighted by Crippen LogP contribution is 2.60. The summed E-state index contributed by atoms with van der Waals surface area (Å²) in [5.41, 5.74) is -0.166. The second-order valence-corrected chi connectivity index (χ2v) is 8.38. The zero-order chi connectivity index (χ0) is 16.2. The smallest absolute Gasteiger partial charge is 0.340 e. The van der Waals surface area contributed by atoms with Crippen LogP contribution in [0.15, 0.2) is 0 Å². The van der Waals surface area contributed by atoms with Gasteiger partial charge in [-0.05, 0) is 56.3 Å². The fourth-order valence-corrected chi connectivity index (χ4v) is 6.07. The molecular formula is C17H25F3N2O. The summed E-state index contributed by atoms with van der Waals surface area (Å²) in [5, 5.41) is 0. The molecule has 3 nitrogen and oxygen atoms in total. The van der Waals surface area contributed by atoms with Crippen LogP contribution in [0.3, 0.4) is 0 Å². The first-order valence-electron chi connectivity index (χ1n) is 8.91. The summed E-state index contributed by atoms with van der Waals surface area (Å²) in [6, 6.07) is 0. The monoisotopic (exact) mass is 330 g/mol. The lowest BCUT2D eigenvalue weighted by atomic mass is 9.49. The Bertz CT molecular complexity index is 447. The normalized spacial score (nSPS) is 40.7. The summed E-state index contributed by atoms with van der Waals surface area (Å²) < 4.78 is 37.4. The van der Waals surface area contributed by atoms with Crippen LogP contribution in [0.25, 0.3) is 0 Å². The van der Waals surface area contributed by atoms with E-state index < -0.39 is 12.7 Å². The van der Waals surface area contributed by atoms with Crippen molar-refractivity contribution in [3.05, 3.63) is 0 Å². The second-order valence-electron chi connectivity index (χ2n) is 8.38. The molecule has 1 aliphatic heterocycles. The first-order chi connectivity index (χ1) is 10.8. The van der Waals surface area contributed by atoms with Gasteiger partial charge < -0.3 is 4.90 Å². The third-order valence-electron chi connectivity index (χ3n) is 6.55. The molecule has 1 saturated heterocycles. The number of piperazine rings is 1. The van der Waals surface area contributed by atoms with E-state index in [9.17, 15) is 18.0 Å². The molecular weight excluding hydrogens is 305 g/mol. The molecule has 0 aromatic rings. The highest BCUT2D eigenvalue weighted by molar-refractivity contribution is 5.83. The molecule has 0 aromatic heterocycles. The average Bonchev–Trinajstić information content (AvgIpc) is 2.44. The molecule has 4 bridgehead atoms. The lowest BCUT2D eigenvalue weighted by Gasteiger charge is -2.57. The van der Waals surface area contributed by atoms with Crippen molar-refractivity contribution in [1.82, 2.24) is 9.80 Å². The summed E-state index contributed by atoms with van der Waals surface area (Å²) in [7, 11) is 0. The predicted molar refractivity (Wildman–Crippen MR) is 79.7 cm³/mol. The van der Waals surface area contributed by atoms with Crippen LogP contribution in [-0.2, 0) is 4.79 Å². The predicted octanol–water partition coefficient (Wildman–Crippen LogP) is 2.91. The highest BCUT2D eigenvalue weighted by Gasteiger charge is 2.55. The Hall–Kier alpha value is -0.780. The van der Waals surface area contributed by atoms with Crippen LogP contribution >= 0.6 is 0 Å². The lowest BCUT2D eigenvalue weighted by molar-refractivity contribution is -0.164. The zero-order valence-electron chi connectivity index (χ0n) is 13.4. The van der Waals surface area contributed by atoms with Crippen molar-refractivity contribution in [2.24, 2.45) is 23.2 Å². The lowest BCUT2D eigenvalue weighted by Crippen LogP contribution is -2.58. The van der Waals surface area contributed by atoms with Crippen LogP contribution in [0.1, 0.15) is 38.5 Å². The summed E-state index contributed by atoms with van der Waals surface area (Å²) in [6.07, 6.45) is 2.83. The molecule has 5 rings (SSSR count). The van der Waals surface area contributed by atoms with E-state index in [2.05, 4.69) is 0 Å². The molecule has 0 atom stereocenters. The van der Waals surface area contributed by atoms with Gasteiger partial charge in [-0.15, -0.1) is 0 Å². The number of alkyl halides is 3. The first-order valence-corrected chi connectivity index (χ1v) is 8.91. The maximum Gasteiger partial charge on any atom is 0.401 e. The summed E-state index contributed by atoms with van der Waals surface area (Å²) in [6.45, 7) is 0.745.